The van der Waals surface area contributed by atoms with Gasteiger partial charge in [-0.3, -0.25) is 4.99 Å². The first-order valence-corrected chi connectivity index (χ1v) is 6.49. The van der Waals surface area contributed by atoms with Crippen LogP contribution in [-0.4, -0.2) is 24.8 Å². The fourth-order valence-corrected chi connectivity index (χ4v) is 1.84. The molecule has 3 heteroatoms. The van der Waals surface area contributed by atoms with Gasteiger partial charge in [0.05, 0.1) is 6.54 Å². The molecule has 1 heterocycles. The van der Waals surface area contributed by atoms with Gasteiger partial charge in [0.25, 0.3) is 0 Å². The molecular formula is C13H25N3. The van der Waals surface area contributed by atoms with E-state index in [-0.39, 0.29) is 0 Å². The van der Waals surface area contributed by atoms with Crippen molar-refractivity contribution in [3.8, 4) is 0 Å². The minimum absolute atomic E-state index is 0.418. The maximum atomic E-state index is 4.29. The van der Waals surface area contributed by atoms with E-state index in [1.165, 1.54) is 25.7 Å². The Hall–Kier alpha value is -0.990. The summed E-state index contributed by atoms with van der Waals surface area (Å²) in [4.78, 5) is 4.29. The van der Waals surface area contributed by atoms with Crippen LogP contribution in [0, 0.1) is 0 Å². The van der Waals surface area contributed by atoms with Crippen molar-refractivity contribution in [2.75, 3.05) is 6.54 Å². The van der Waals surface area contributed by atoms with E-state index in [1.54, 1.807) is 0 Å². The summed E-state index contributed by atoms with van der Waals surface area (Å²) < 4.78 is 0. The maximum absolute atomic E-state index is 4.29. The molecule has 0 saturated carbocycles. The van der Waals surface area contributed by atoms with Crippen LogP contribution in [0.5, 0.6) is 0 Å². The van der Waals surface area contributed by atoms with Crippen LogP contribution in [0.25, 0.3) is 0 Å². The van der Waals surface area contributed by atoms with Gasteiger partial charge in [-0.2, -0.15) is 0 Å². The van der Waals surface area contributed by atoms with Crippen LogP contribution in [0.2, 0.25) is 0 Å². The molecule has 0 spiro atoms. The summed E-state index contributed by atoms with van der Waals surface area (Å²) >= 11 is 0. The summed E-state index contributed by atoms with van der Waals surface area (Å²) in [5.41, 5.74) is 0. The molecule has 0 aromatic heterocycles. The summed E-state index contributed by atoms with van der Waals surface area (Å²) in [6.07, 6.45) is 8.91. The molecular weight excluding hydrogens is 198 g/mol. The van der Waals surface area contributed by atoms with Crippen LogP contribution >= 0.6 is 0 Å². The average Bonchev–Trinajstić information content (AvgIpc) is 2.48. The lowest BCUT2D eigenvalue weighted by molar-refractivity contribution is 0.462. The number of rotatable bonds is 6. The number of allylic oxidation sites excluding steroid dienone is 1. The van der Waals surface area contributed by atoms with E-state index in [1.807, 2.05) is 12.3 Å². The van der Waals surface area contributed by atoms with Crippen LogP contribution in [-0.2, 0) is 0 Å². The van der Waals surface area contributed by atoms with E-state index in [0.717, 1.165) is 12.4 Å². The molecule has 1 aliphatic rings. The van der Waals surface area contributed by atoms with Crippen LogP contribution in [0.15, 0.2) is 16.9 Å². The normalized spacial score (nSPS) is 21.9. The third kappa shape index (κ3) is 4.69. The summed E-state index contributed by atoms with van der Waals surface area (Å²) in [6.45, 7) is 7.49. The van der Waals surface area contributed by atoms with E-state index in [0.29, 0.717) is 12.1 Å². The minimum Gasteiger partial charge on any atom is -0.369 e. The highest BCUT2D eigenvalue weighted by molar-refractivity contribution is 5.72. The lowest BCUT2D eigenvalue weighted by Crippen LogP contribution is -2.38. The SMILES string of the molecule is CCCC[C@H](CC)NC1=CC=NC[C@@H](C)N1. The molecule has 2 atom stereocenters. The van der Waals surface area contributed by atoms with Crippen molar-refractivity contribution < 1.29 is 0 Å². The molecule has 1 aliphatic heterocycles. The Bertz CT molecular complexity index is 246. The number of hydrogen-bond acceptors (Lipinski definition) is 3. The van der Waals surface area contributed by atoms with Crippen LogP contribution < -0.4 is 10.6 Å². The zero-order valence-corrected chi connectivity index (χ0v) is 10.8. The monoisotopic (exact) mass is 223 g/mol. The number of hydrogen-bond donors (Lipinski definition) is 2. The third-order valence-corrected chi connectivity index (χ3v) is 2.89. The Labute approximate surface area is 99.4 Å². The lowest BCUT2D eigenvalue weighted by atomic mass is 10.1. The standard InChI is InChI=1S/C13H25N3/c1-4-6-7-12(5-2)16-13-8-9-14-10-11(3)15-13/h8-9,11-12,15-16H,4-7,10H2,1-3H3/t11-,12+/m1/s1. The summed E-state index contributed by atoms with van der Waals surface area (Å²) in [7, 11) is 0. The van der Waals surface area contributed by atoms with Crippen LogP contribution in [0.4, 0.5) is 0 Å². The summed E-state index contributed by atoms with van der Waals surface area (Å²) in [5.74, 6) is 1.12. The molecule has 0 fully saturated rings. The highest BCUT2D eigenvalue weighted by Crippen LogP contribution is 2.06. The summed E-state index contributed by atoms with van der Waals surface area (Å²) in [5, 5.41) is 7.01. The minimum atomic E-state index is 0.418. The predicted molar refractivity (Wildman–Crippen MR) is 70.8 cm³/mol. The quantitative estimate of drug-likeness (QED) is 0.725. The fourth-order valence-electron chi connectivity index (χ4n) is 1.84. The Morgan fingerprint density at radius 3 is 3.06 bits per heavy atom. The molecule has 0 aliphatic carbocycles. The van der Waals surface area contributed by atoms with Crippen LogP contribution in [0.1, 0.15) is 46.5 Å². The van der Waals surface area contributed by atoms with E-state index in [4.69, 9.17) is 0 Å². The summed E-state index contributed by atoms with van der Waals surface area (Å²) in [6, 6.07) is 0.999. The third-order valence-electron chi connectivity index (χ3n) is 2.89. The van der Waals surface area contributed by atoms with Gasteiger partial charge in [-0.05, 0) is 25.8 Å². The van der Waals surface area contributed by atoms with E-state index < -0.39 is 0 Å². The van der Waals surface area contributed by atoms with Crippen molar-refractivity contribution in [3.63, 3.8) is 0 Å². The average molecular weight is 223 g/mol. The molecule has 0 aromatic carbocycles. The first-order chi connectivity index (χ1) is 7.76. The number of nitrogens with zero attached hydrogens (tertiary/aromatic N) is 1. The van der Waals surface area contributed by atoms with Crippen molar-refractivity contribution in [1.29, 1.82) is 0 Å². The Kier molecular flexibility index (Phi) is 5.98. The molecule has 0 bridgehead atoms. The molecule has 92 valence electrons. The first-order valence-electron chi connectivity index (χ1n) is 6.49. The van der Waals surface area contributed by atoms with Gasteiger partial charge >= 0.3 is 0 Å². The highest BCUT2D eigenvalue weighted by atomic mass is 15.1. The highest BCUT2D eigenvalue weighted by Gasteiger charge is 2.10. The van der Waals surface area contributed by atoms with Gasteiger partial charge in [0.15, 0.2) is 0 Å². The van der Waals surface area contributed by atoms with E-state index >= 15 is 0 Å². The molecule has 0 radical (unpaired) electrons. The smallest absolute Gasteiger partial charge is 0.101 e. The van der Waals surface area contributed by atoms with Gasteiger partial charge in [0.1, 0.15) is 5.82 Å². The molecule has 1 rings (SSSR count). The fraction of sp³-hybridized carbons (Fsp3) is 0.769. The number of aliphatic imine (C=N–C) groups is 1. The van der Waals surface area contributed by atoms with Gasteiger partial charge in [0, 0.05) is 18.3 Å². The van der Waals surface area contributed by atoms with Gasteiger partial charge in [-0.15, -0.1) is 0 Å². The second-order valence-electron chi connectivity index (χ2n) is 4.53. The Morgan fingerprint density at radius 1 is 1.56 bits per heavy atom. The van der Waals surface area contributed by atoms with Crippen molar-refractivity contribution >= 4 is 6.21 Å². The van der Waals surface area contributed by atoms with Gasteiger partial charge in [0.2, 0.25) is 0 Å². The Morgan fingerprint density at radius 2 is 2.38 bits per heavy atom. The number of unbranched alkanes of at least 4 members (excludes halogenated alkanes) is 1. The Balaban J connectivity index is 2.43. The second kappa shape index (κ2) is 7.31. The van der Waals surface area contributed by atoms with E-state index in [9.17, 15) is 0 Å². The lowest BCUT2D eigenvalue weighted by Gasteiger charge is -2.22. The van der Waals surface area contributed by atoms with Gasteiger partial charge in [-0.1, -0.05) is 26.7 Å². The maximum Gasteiger partial charge on any atom is 0.101 e. The van der Waals surface area contributed by atoms with Gasteiger partial charge < -0.3 is 10.6 Å². The molecule has 3 nitrogen and oxygen atoms in total. The molecule has 0 amide bonds. The molecule has 0 unspecified atom stereocenters. The zero-order valence-electron chi connectivity index (χ0n) is 10.8. The molecule has 16 heavy (non-hydrogen) atoms. The molecule has 2 N–H and O–H groups in total. The predicted octanol–water partition coefficient (Wildman–Crippen LogP) is 2.45. The first kappa shape index (κ1) is 13.1. The number of nitrogens with one attached hydrogen (secondary N) is 2. The zero-order chi connectivity index (χ0) is 11.8. The largest absolute Gasteiger partial charge is 0.369 e. The van der Waals surface area contributed by atoms with Gasteiger partial charge in [-0.25, -0.2) is 0 Å². The van der Waals surface area contributed by atoms with Crippen molar-refractivity contribution in [3.05, 3.63) is 11.9 Å². The van der Waals surface area contributed by atoms with E-state index in [2.05, 4.69) is 36.4 Å². The van der Waals surface area contributed by atoms with Crippen molar-refractivity contribution in [2.24, 2.45) is 4.99 Å². The topological polar surface area (TPSA) is 36.4 Å². The van der Waals surface area contributed by atoms with Crippen LogP contribution in [0.3, 0.4) is 0 Å². The molecule has 0 aromatic rings. The van der Waals surface area contributed by atoms with Crippen molar-refractivity contribution in [1.82, 2.24) is 10.6 Å². The second-order valence-corrected chi connectivity index (χ2v) is 4.53. The molecule has 0 saturated heterocycles. The van der Waals surface area contributed by atoms with Crippen molar-refractivity contribution in [2.45, 2.75) is 58.5 Å².